The largest absolute Gasteiger partial charge is 0.447 e. The number of nitrogens with one attached hydrogen (secondary N) is 1. The molecule has 61 heavy (non-hydrogen) atoms. The van der Waals surface area contributed by atoms with E-state index in [1.807, 2.05) is 4.90 Å². The zero-order valence-corrected chi connectivity index (χ0v) is 33.5. The Morgan fingerprint density at radius 3 is 1.70 bits per heavy atom. The van der Waals surface area contributed by atoms with Gasteiger partial charge in [-0.2, -0.15) is 9.35 Å². The molecule has 4 aliphatic rings. The van der Waals surface area contributed by atoms with Gasteiger partial charge in [-0.05, 0) is 83.5 Å². The van der Waals surface area contributed by atoms with Crippen LogP contribution in [-0.2, 0) is 0 Å². The smallest absolute Gasteiger partial charge is 0.350 e. The van der Waals surface area contributed by atoms with E-state index in [0.29, 0.717) is 56.9 Å². The fraction of sp³-hybridized carbons (Fsp3) is 0.450. The zero-order chi connectivity index (χ0) is 43.4. The molecule has 4 unspecified atom stereocenters. The monoisotopic (exact) mass is 848 g/mol. The molecule has 9 N–H and O–H groups in total. The maximum absolute atomic E-state index is 15.2. The van der Waals surface area contributed by atoms with Crippen molar-refractivity contribution in [3.05, 3.63) is 119 Å². The van der Waals surface area contributed by atoms with E-state index in [-0.39, 0.29) is 51.9 Å². The predicted octanol–water partition coefficient (Wildman–Crippen LogP) is 2.26. The van der Waals surface area contributed by atoms with Crippen LogP contribution in [0, 0.1) is 43.1 Å². The predicted molar refractivity (Wildman–Crippen MR) is 219 cm³/mol. The average molecular weight is 849 g/mol. The van der Waals surface area contributed by atoms with Gasteiger partial charge in [0.25, 0.3) is 11.1 Å². The van der Waals surface area contributed by atoms with Gasteiger partial charge >= 0.3 is 11.4 Å². The van der Waals surface area contributed by atoms with Crippen LogP contribution in [0.3, 0.4) is 0 Å². The second-order valence-corrected chi connectivity index (χ2v) is 16.1. The topological polar surface area (TPSA) is 259 Å². The van der Waals surface area contributed by atoms with Crippen LogP contribution >= 0.6 is 0 Å². The normalized spacial score (nSPS) is 19.8. The highest BCUT2D eigenvalue weighted by molar-refractivity contribution is 5.87. The third-order valence-corrected chi connectivity index (χ3v) is 12.0. The molecule has 21 heteroatoms. The van der Waals surface area contributed by atoms with E-state index in [1.54, 1.807) is 30.1 Å². The lowest BCUT2D eigenvalue weighted by atomic mass is 10.00. The second-order valence-electron chi connectivity index (χ2n) is 16.1. The van der Waals surface area contributed by atoms with Gasteiger partial charge in [-0.25, -0.2) is 32.7 Å². The average Bonchev–Trinajstić information content (AvgIpc) is 3.87. The molecule has 2 saturated carbocycles. The lowest BCUT2D eigenvalue weighted by Gasteiger charge is -2.25. The van der Waals surface area contributed by atoms with E-state index >= 15 is 4.39 Å². The van der Waals surface area contributed by atoms with Gasteiger partial charge < -0.3 is 42.2 Å². The van der Waals surface area contributed by atoms with Crippen molar-refractivity contribution >= 4 is 27.5 Å². The number of halogens is 3. The van der Waals surface area contributed by atoms with Crippen molar-refractivity contribution in [3.8, 4) is 0 Å². The van der Waals surface area contributed by atoms with Crippen LogP contribution in [-0.4, -0.2) is 54.6 Å². The number of hydrogen-bond acceptors (Lipinski definition) is 14. The Labute approximate surface area is 344 Å². The van der Waals surface area contributed by atoms with Gasteiger partial charge in [-0.15, -0.1) is 0 Å². The van der Waals surface area contributed by atoms with Crippen LogP contribution in [0.25, 0.3) is 21.8 Å². The minimum atomic E-state index is -1.12. The van der Waals surface area contributed by atoms with E-state index in [1.165, 1.54) is 23.8 Å². The number of fused-ring (bicyclic) bond motifs is 2. The van der Waals surface area contributed by atoms with Gasteiger partial charge in [0.2, 0.25) is 11.8 Å². The van der Waals surface area contributed by atoms with Crippen LogP contribution in [0.2, 0.25) is 0 Å². The maximum Gasteiger partial charge on any atom is 0.350 e. The summed E-state index contributed by atoms with van der Waals surface area (Å²) in [6.45, 7) is 6.25. The number of aromatic nitrogens is 6. The quantitative estimate of drug-likeness (QED) is 0.145. The molecule has 2 aliphatic carbocycles. The molecule has 0 amide bonds. The molecular formula is C40H47F3N12O6. The molecule has 0 radical (unpaired) electrons. The van der Waals surface area contributed by atoms with Crippen LogP contribution in [0.1, 0.15) is 85.6 Å². The standard InChI is InChI=1S/C20H23FN6O3.C12H11F2N3O2.C8H13N3O/c1-10-16-13(19(28)27(23)20(29)26(16)12-2-3-12)8-14(21)17(10)25-6-4-11(9-25)15(22)18-24-5-7-30-18;1-5-9(14)8(13)4-7-10(5)16(6-2-3-6)12(19)17(15)11(7)18;9-7(6-1-2-10-5-6)8-11-3-4-12-8/h5,7-8,11-12,15H,2-4,6,9,22-23H2,1H3;4,6H,2-3,15H2,1H3;3-4,6-7,10H,1-2,5,9H2. The van der Waals surface area contributed by atoms with Crippen LogP contribution in [0.15, 0.2) is 65.1 Å². The molecule has 4 aromatic heterocycles. The lowest BCUT2D eigenvalue weighted by Crippen LogP contribution is -2.44. The van der Waals surface area contributed by atoms with Crippen LogP contribution < -0.4 is 55.9 Å². The second kappa shape index (κ2) is 16.3. The highest BCUT2D eigenvalue weighted by Crippen LogP contribution is 2.40. The number of aryl methyl sites for hydroxylation is 2. The van der Waals surface area contributed by atoms with E-state index in [9.17, 15) is 28.0 Å². The van der Waals surface area contributed by atoms with Gasteiger partial charge in [-0.1, -0.05) is 0 Å². The van der Waals surface area contributed by atoms with Crippen molar-refractivity contribution in [1.82, 2.24) is 33.8 Å². The first-order chi connectivity index (χ1) is 29.2. The molecule has 0 bridgehead atoms. The number of rotatable bonds is 7. The molecule has 4 fully saturated rings. The highest BCUT2D eigenvalue weighted by Gasteiger charge is 2.35. The van der Waals surface area contributed by atoms with Crippen LogP contribution in [0.5, 0.6) is 0 Å². The summed E-state index contributed by atoms with van der Waals surface area (Å²) in [5.41, 5.74) is 11.0. The summed E-state index contributed by atoms with van der Waals surface area (Å²) < 4.78 is 56.6. The highest BCUT2D eigenvalue weighted by atomic mass is 19.2. The molecule has 4 atom stereocenters. The molecule has 6 aromatic rings. The number of nitrogens with two attached hydrogens (primary N) is 4. The first-order valence-electron chi connectivity index (χ1n) is 20.1. The number of oxazole rings is 2. The molecule has 2 aliphatic heterocycles. The van der Waals surface area contributed by atoms with Crippen molar-refractivity contribution in [2.24, 2.45) is 23.3 Å². The van der Waals surface area contributed by atoms with E-state index < -0.39 is 39.9 Å². The van der Waals surface area contributed by atoms with E-state index in [2.05, 4.69) is 15.3 Å². The van der Waals surface area contributed by atoms with E-state index in [4.69, 9.17) is 32.0 Å². The molecule has 18 nitrogen and oxygen atoms in total. The fourth-order valence-corrected chi connectivity index (χ4v) is 8.50. The minimum Gasteiger partial charge on any atom is -0.447 e. The Kier molecular flexibility index (Phi) is 11.1. The van der Waals surface area contributed by atoms with Gasteiger partial charge in [0.1, 0.15) is 18.3 Å². The van der Waals surface area contributed by atoms with Crippen molar-refractivity contribution < 1.29 is 22.0 Å². The summed E-state index contributed by atoms with van der Waals surface area (Å²) in [6.07, 6.45) is 11.3. The minimum absolute atomic E-state index is 0.0165. The SMILES string of the molecule is Cc1c(F)c(F)cc2c(=O)n(N)c(=O)n(C3CC3)c12.Cc1c(N2CCC(C(N)c3ncco3)C2)c(F)cc2c(=O)n(N)c(=O)n(C3CC3)c12.NC(c1ncco1)C1CCNC1. The third kappa shape index (κ3) is 7.61. The Morgan fingerprint density at radius 2 is 1.23 bits per heavy atom. The van der Waals surface area contributed by atoms with Crippen LogP contribution in [0.4, 0.5) is 18.9 Å². The van der Waals surface area contributed by atoms with E-state index in [0.717, 1.165) is 57.7 Å². The zero-order valence-electron chi connectivity index (χ0n) is 33.5. The number of nitrogen functional groups attached to an aromatic ring is 2. The summed E-state index contributed by atoms with van der Waals surface area (Å²) in [7, 11) is 0. The number of nitrogens with zero attached hydrogens (tertiary/aromatic N) is 7. The van der Waals surface area contributed by atoms with Gasteiger partial charge in [0, 0.05) is 42.2 Å². The van der Waals surface area contributed by atoms with Gasteiger partial charge in [0.15, 0.2) is 11.6 Å². The third-order valence-electron chi connectivity index (χ3n) is 12.0. The molecule has 0 spiro atoms. The Balaban J connectivity index is 0.000000141. The molecule has 2 saturated heterocycles. The van der Waals surface area contributed by atoms with Gasteiger partial charge in [-0.3, -0.25) is 18.7 Å². The fourth-order valence-electron chi connectivity index (χ4n) is 8.50. The first-order valence-corrected chi connectivity index (χ1v) is 20.1. The Hall–Kier alpha value is -6.19. The summed E-state index contributed by atoms with van der Waals surface area (Å²) in [6, 6.07) is 1.44. The molecular weight excluding hydrogens is 802 g/mol. The molecule has 10 rings (SSSR count). The van der Waals surface area contributed by atoms with Crippen molar-refractivity contribution in [2.45, 2.75) is 76.5 Å². The number of hydrogen-bond donors (Lipinski definition) is 5. The number of anilines is 1. The molecule has 2 aromatic carbocycles. The van der Waals surface area contributed by atoms with Crippen molar-refractivity contribution in [3.63, 3.8) is 0 Å². The van der Waals surface area contributed by atoms with Crippen molar-refractivity contribution in [2.75, 3.05) is 42.8 Å². The maximum atomic E-state index is 15.2. The first kappa shape index (κ1) is 41.5. The van der Waals surface area contributed by atoms with Crippen molar-refractivity contribution in [1.29, 1.82) is 0 Å². The molecule has 6 heterocycles. The summed E-state index contributed by atoms with van der Waals surface area (Å²) >= 11 is 0. The summed E-state index contributed by atoms with van der Waals surface area (Å²) in [4.78, 5) is 59.3. The molecule has 324 valence electrons. The summed E-state index contributed by atoms with van der Waals surface area (Å²) in [5, 5.41) is 3.31. The number of benzene rings is 2. The lowest BCUT2D eigenvalue weighted by molar-refractivity contribution is 0.370. The Bertz CT molecular complexity index is 2840. The Morgan fingerprint density at radius 1 is 0.721 bits per heavy atom. The summed E-state index contributed by atoms with van der Waals surface area (Å²) in [5.74, 6) is 10.0. The van der Waals surface area contributed by atoms with Gasteiger partial charge in [0.05, 0.1) is 52.0 Å².